The molecule has 0 saturated carbocycles. The Kier molecular flexibility index (Phi) is 3.44. The van der Waals surface area contributed by atoms with Crippen molar-refractivity contribution in [3.63, 3.8) is 0 Å². The Balaban J connectivity index is 2.11. The Morgan fingerprint density at radius 2 is 1.88 bits per heavy atom. The summed E-state index contributed by atoms with van der Waals surface area (Å²) in [5.41, 5.74) is 1.06. The molecular formula is C13H14N2OS. The molecule has 0 saturated heterocycles. The van der Waals surface area contributed by atoms with Crippen LogP contribution in [-0.4, -0.2) is 24.2 Å². The van der Waals surface area contributed by atoms with Gasteiger partial charge in [0.15, 0.2) is 5.13 Å². The quantitative estimate of drug-likeness (QED) is 0.904. The van der Waals surface area contributed by atoms with Gasteiger partial charge in [0.05, 0.1) is 0 Å². The van der Waals surface area contributed by atoms with Crippen LogP contribution in [0.5, 0.6) is 5.75 Å². The number of benzene rings is 1. The van der Waals surface area contributed by atoms with Gasteiger partial charge in [0.2, 0.25) is 0 Å². The molecule has 0 amide bonds. The standard InChI is InChI=1S/C13H14N2OS/c1-15(2)13-14-9-12(17-13)8-5-10-3-6-11(16)7-4-10/h3-9,16H,1-2H3. The summed E-state index contributed by atoms with van der Waals surface area (Å²) in [4.78, 5) is 7.40. The average Bonchev–Trinajstić information content (AvgIpc) is 2.77. The molecule has 0 atom stereocenters. The first kappa shape index (κ1) is 11.7. The van der Waals surface area contributed by atoms with E-state index >= 15 is 0 Å². The molecule has 4 heteroatoms. The minimum atomic E-state index is 0.287. The molecule has 0 aliphatic heterocycles. The minimum Gasteiger partial charge on any atom is -0.508 e. The van der Waals surface area contributed by atoms with Crippen molar-refractivity contribution < 1.29 is 5.11 Å². The van der Waals surface area contributed by atoms with Crippen LogP contribution in [0.2, 0.25) is 0 Å². The van der Waals surface area contributed by atoms with Gasteiger partial charge in [0.25, 0.3) is 0 Å². The van der Waals surface area contributed by atoms with E-state index in [1.54, 1.807) is 23.5 Å². The van der Waals surface area contributed by atoms with Crippen LogP contribution >= 0.6 is 11.3 Å². The zero-order valence-electron chi connectivity index (χ0n) is 9.79. The maximum Gasteiger partial charge on any atom is 0.185 e. The number of phenolic OH excluding ortho intramolecular Hbond substituents is 1. The fourth-order valence-electron chi connectivity index (χ4n) is 1.32. The van der Waals surface area contributed by atoms with Crippen molar-refractivity contribution in [3.8, 4) is 5.75 Å². The van der Waals surface area contributed by atoms with E-state index in [-0.39, 0.29) is 5.75 Å². The lowest BCUT2D eigenvalue weighted by atomic mass is 10.2. The number of hydrogen-bond donors (Lipinski definition) is 1. The van der Waals surface area contributed by atoms with E-state index in [9.17, 15) is 0 Å². The molecule has 3 nitrogen and oxygen atoms in total. The highest BCUT2D eigenvalue weighted by molar-refractivity contribution is 7.16. The Bertz CT molecular complexity index is 514. The zero-order valence-corrected chi connectivity index (χ0v) is 10.6. The van der Waals surface area contributed by atoms with Crippen molar-refractivity contribution in [2.24, 2.45) is 0 Å². The van der Waals surface area contributed by atoms with Gasteiger partial charge in [-0.1, -0.05) is 29.5 Å². The molecule has 88 valence electrons. The highest BCUT2D eigenvalue weighted by Crippen LogP contribution is 2.22. The third-order valence-electron chi connectivity index (χ3n) is 2.23. The van der Waals surface area contributed by atoms with Gasteiger partial charge in [-0.25, -0.2) is 4.98 Å². The Morgan fingerprint density at radius 1 is 1.18 bits per heavy atom. The summed E-state index contributed by atoms with van der Waals surface area (Å²) in [6, 6.07) is 7.11. The van der Waals surface area contributed by atoms with Crippen LogP contribution in [0, 0.1) is 0 Å². The number of hydrogen-bond acceptors (Lipinski definition) is 4. The van der Waals surface area contributed by atoms with Crippen molar-refractivity contribution in [1.29, 1.82) is 0 Å². The largest absolute Gasteiger partial charge is 0.508 e. The van der Waals surface area contributed by atoms with Crippen molar-refractivity contribution in [2.75, 3.05) is 19.0 Å². The summed E-state index contributed by atoms with van der Waals surface area (Å²) in [6.07, 6.45) is 5.89. The number of rotatable bonds is 3. The van der Waals surface area contributed by atoms with E-state index in [1.807, 2.05) is 49.5 Å². The Morgan fingerprint density at radius 3 is 2.47 bits per heavy atom. The predicted octanol–water partition coefficient (Wildman–Crippen LogP) is 3.09. The van der Waals surface area contributed by atoms with E-state index in [0.717, 1.165) is 15.6 Å². The maximum absolute atomic E-state index is 9.17. The molecule has 0 unspecified atom stereocenters. The van der Waals surface area contributed by atoms with Gasteiger partial charge < -0.3 is 10.0 Å². The van der Waals surface area contributed by atoms with Crippen LogP contribution in [0.1, 0.15) is 10.4 Å². The average molecular weight is 246 g/mol. The van der Waals surface area contributed by atoms with E-state index in [2.05, 4.69) is 4.98 Å². The van der Waals surface area contributed by atoms with Gasteiger partial charge in [-0.2, -0.15) is 0 Å². The summed E-state index contributed by atoms with van der Waals surface area (Å²) >= 11 is 1.64. The molecule has 1 aromatic heterocycles. The fraction of sp³-hybridized carbons (Fsp3) is 0.154. The lowest BCUT2D eigenvalue weighted by Crippen LogP contribution is -2.07. The van der Waals surface area contributed by atoms with Gasteiger partial charge in [0.1, 0.15) is 5.75 Å². The maximum atomic E-state index is 9.17. The van der Waals surface area contributed by atoms with Crippen LogP contribution in [0.25, 0.3) is 12.2 Å². The smallest absolute Gasteiger partial charge is 0.185 e. The number of phenols is 1. The number of aromatic nitrogens is 1. The highest BCUT2D eigenvalue weighted by Gasteiger charge is 2.00. The molecule has 2 aromatic rings. The minimum absolute atomic E-state index is 0.287. The summed E-state index contributed by atoms with van der Waals surface area (Å²) in [6.45, 7) is 0. The molecule has 17 heavy (non-hydrogen) atoms. The van der Waals surface area contributed by atoms with Gasteiger partial charge in [-0.3, -0.25) is 0 Å². The molecule has 1 aromatic carbocycles. The number of aromatic hydroxyl groups is 1. The van der Waals surface area contributed by atoms with Crippen LogP contribution in [0.4, 0.5) is 5.13 Å². The van der Waals surface area contributed by atoms with E-state index in [1.165, 1.54) is 0 Å². The molecule has 0 aliphatic rings. The van der Waals surface area contributed by atoms with Gasteiger partial charge in [-0.15, -0.1) is 0 Å². The Labute approximate surface area is 105 Å². The van der Waals surface area contributed by atoms with Crippen molar-refractivity contribution in [2.45, 2.75) is 0 Å². The summed E-state index contributed by atoms with van der Waals surface area (Å²) in [7, 11) is 3.96. The second kappa shape index (κ2) is 5.01. The SMILES string of the molecule is CN(C)c1ncc(C=Cc2ccc(O)cc2)s1. The lowest BCUT2D eigenvalue weighted by Gasteiger charge is -2.04. The lowest BCUT2D eigenvalue weighted by molar-refractivity contribution is 0.475. The molecule has 0 aliphatic carbocycles. The first-order valence-corrected chi connectivity index (χ1v) is 6.07. The fourth-order valence-corrected chi connectivity index (χ4v) is 2.06. The molecule has 0 bridgehead atoms. The number of thiazole rings is 1. The summed E-state index contributed by atoms with van der Waals surface area (Å²) in [5, 5.41) is 10.2. The third kappa shape index (κ3) is 3.07. The molecule has 1 N–H and O–H groups in total. The molecule has 1 heterocycles. The molecule has 2 rings (SSSR count). The second-order valence-electron chi connectivity index (χ2n) is 3.86. The van der Waals surface area contributed by atoms with Crippen LogP contribution in [-0.2, 0) is 0 Å². The van der Waals surface area contributed by atoms with Crippen LogP contribution in [0.3, 0.4) is 0 Å². The predicted molar refractivity (Wildman–Crippen MR) is 73.5 cm³/mol. The summed E-state index contributed by atoms with van der Waals surface area (Å²) < 4.78 is 0. The van der Waals surface area contributed by atoms with E-state index in [0.29, 0.717) is 0 Å². The van der Waals surface area contributed by atoms with E-state index in [4.69, 9.17) is 5.11 Å². The van der Waals surface area contributed by atoms with Crippen molar-refractivity contribution in [3.05, 3.63) is 40.9 Å². The first-order valence-electron chi connectivity index (χ1n) is 5.25. The van der Waals surface area contributed by atoms with Gasteiger partial charge in [-0.05, 0) is 23.8 Å². The van der Waals surface area contributed by atoms with E-state index < -0.39 is 0 Å². The van der Waals surface area contributed by atoms with Crippen molar-refractivity contribution in [1.82, 2.24) is 4.98 Å². The Hall–Kier alpha value is -1.81. The van der Waals surface area contributed by atoms with Crippen LogP contribution < -0.4 is 4.90 Å². The molecule has 0 fully saturated rings. The highest BCUT2D eigenvalue weighted by atomic mass is 32.1. The zero-order chi connectivity index (χ0) is 12.3. The monoisotopic (exact) mass is 246 g/mol. The topological polar surface area (TPSA) is 36.4 Å². The number of nitrogens with zero attached hydrogens (tertiary/aromatic N) is 2. The molecule has 0 radical (unpaired) electrons. The molecular weight excluding hydrogens is 232 g/mol. The number of anilines is 1. The molecule has 0 spiro atoms. The second-order valence-corrected chi connectivity index (χ2v) is 4.91. The van der Waals surface area contributed by atoms with Gasteiger partial charge >= 0.3 is 0 Å². The van der Waals surface area contributed by atoms with Crippen molar-refractivity contribution >= 4 is 28.6 Å². The summed E-state index contributed by atoms with van der Waals surface area (Å²) in [5.74, 6) is 0.287. The first-order chi connectivity index (χ1) is 8.15. The van der Waals surface area contributed by atoms with Gasteiger partial charge in [0, 0.05) is 25.2 Å². The normalized spacial score (nSPS) is 10.9. The van der Waals surface area contributed by atoms with Crippen LogP contribution in [0.15, 0.2) is 30.5 Å². The third-order valence-corrected chi connectivity index (χ3v) is 3.36.